The highest BCUT2D eigenvalue weighted by atomic mass is 28.4. The quantitative estimate of drug-likeness (QED) is 0.366. The molecule has 1 fully saturated rings. The Morgan fingerprint density at radius 1 is 1.39 bits per heavy atom. The summed E-state index contributed by atoms with van der Waals surface area (Å²) in [5.41, 5.74) is -0.124. The first-order chi connectivity index (χ1) is 8.62. The molecule has 0 bridgehead atoms. The van der Waals surface area contributed by atoms with Gasteiger partial charge >= 0.3 is 0 Å². The molecule has 1 aliphatic rings. The molecule has 18 heavy (non-hydrogen) atoms. The molecule has 0 heterocycles. The van der Waals surface area contributed by atoms with Gasteiger partial charge in [-0.2, -0.15) is 0 Å². The SMILES string of the molecule is C#CC[C@H]1CCC[C@@]1(C=C)O[Si](CC)(CC)CC. The van der Waals surface area contributed by atoms with Crippen LogP contribution in [0.1, 0.15) is 46.5 Å². The molecule has 0 N–H and O–H groups in total. The Hall–Kier alpha value is -0.523. The highest BCUT2D eigenvalue weighted by molar-refractivity contribution is 6.73. The molecule has 2 atom stereocenters. The number of hydrogen-bond acceptors (Lipinski definition) is 1. The second-order valence-electron chi connectivity index (χ2n) is 5.50. The summed E-state index contributed by atoms with van der Waals surface area (Å²) in [5, 5.41) is 0. The summed E-state index contributed by atoms with van der Waals surface area (Å²) in [6, 6.07) is 3.58. The van der Waals surface area contributed by atoms with Crippen LogP contribution in [0.5, 0.6) is 0 Å². The highest BCUT2D eigenvalue weighted by Gasteiger charge is 2.46. The summed E-state index contributed by atoms with van der Waals surface area (Å²) in [5.74, 6) is 3.31. The van der Waals surface area contributed by atoms with E-state index in [0.717, 1.165) is 12.8 Å². The Labute approximate surface area is 114 Å². The molecular formula is C16H28OSi. The van der Waals surface area contributed by atoms with Crippen molar-refractivity contribution in [3.8, 4) is 12.3 Å². The second kappa shape index (κ2) is 6.59. The molecule has 0 aromatic heterocycles. The van der Waals surface area contributed by atoms with Crippen LogP contribution in [0.15, 0.2) is 12.7 Å². The summed E-state index contributed by atoms with van der Waals surface area (Å²) in [6.45, 7) is 10.9. The van der Waals surface area contributed by atoms with Crippen LogP contribution >= 0.6 is 0 Å². The zero-order valence-corrected chi connectivity index (χ0v) is 13.3. The van der Waals surface area contributed by atoms with E-state index in [4.69, 9.17) is 10.8 Å². The molecule has 0 aromatic rings. The lowest BCUT2D eigenvalue weighted by Gasteiger charge is -2.42. The molecule has 0 aliphatic heterocycles. The van der Waals surface area contributed by atoms with Crippen LogP contribution in [0.3, 0.4) is 0 Å². The van der Waals surface area contributed by atoms with Crippen molar-refractivity contribution in [3.05, 3.63) is 12.7 Å². The summed E-state index contributed by atoms with van der Waals surface area (Å²) < 4.78 is 6.77. The van der Waals surface area contributed by atoms with Gasteiger partial charge in [-0.25, -0.2) is 0 Å². The number of terminal acetylenes is 1. The van der Waals surface area contributed by atoms with Crippen LogP contribution in [0.4, 0.5) is 0 Å². The van der Waals surface area contributed by atoms with E-state index in [0.29, 0.717) is 5.92 Å². The maximum Gasteiger partial charge on any atom is 0.193 e. The summed E-state index contributed by atoms with van der Waals surface area (Å²) in [7, 11) is -1.59. The van der Waals surface area contributed by atoms with Gasteiger partial charge in [-0.05, 0) is 37.4 Å². The van der Waals surface area contributed by atoms with Crippen molar-refractivity contribution in [1.29, 1.82) is 0 Å². The minimum atomic E-state index is -1.59. The maximum absolute atomic E-state index is 6.77. The van der Waals surface area contributed by atoms with E-state index >= 15 is 0 Å². The van der Waals surface area contributed by atoms with Gasteiger partial charge in [0, 0.05) is 12.3 Å². The van der Waals surface area contributed by atoms with Crippen molar-refractivity contribution < 1.29 is 4.43 Å². The van der Waals surface area contributed by atoms with Gasteiger partial charge in [0.1, 0.15) is 0 Å². The lowest BCUT2D eigenvalue weighted by molar-refractivity contribution is 0.0679. The zero-order valence-electron chi connectivity index (χ0n) is 12.3. The Morgan fingerprint density at radius 3 is 2.44 bits per heavy atom. The van der Waals surface area contributed by atoms with Crippen LogP contribution in [0, 0.1) is 18.3 Å². The lowest BCUT2D eigenvalue weighted by Crippen LogP contribution is -2.48. The first-order valence-corrected chi connectivity index (χ1v) is 9.92. The van der Waals surface area contributed by atoms with E-state index in [1.165, 1.54) is 31.0 Å². The van der Waals surface area contributed by atoms with Crippen molar-refractivity contribution in [2.75, 3.05) is 0 Å². The fourth-order valence-electron chi connectivity index (χ4n) is 3.30. The van der Waals surface area contributed by atoms with Gasteiger partial charge in [0.25, 0.3) is 0 Å². The van der Waals surface area contributed by atoms with Crippen molar-refractivity contribution >= 4 is 8.32 Å². The van der Waals surface area contributed by atoms with Crippen LogP contribution in [0.25, 0.3) is 0 Å². The fraction of sp³-hybridized carbons (Fsp3) is 0.750. The van der Waals surface area contributed by atoms with E-state index < -0.39 is 8.32 Å². The monoisotopic (exact) mass is 264 g/mol. The minimum Gasteiger partial charge on any atom is -0.408 e. The zero-order chi connectivity index (χ0) is 13.6. The topological polar surface area (TPSA) is 9.23 Å². The van der Waals surface area contributed by atoms with Crippen LogP contribution in [0.2, 0.25) is 18.1 Å². The Kier molecular flexibility index (Phi) is 5.69. The average Bonchev–Trinajstić information content (AvgIpc) is 2.80. The van der Waals surface area contributed by atoms with E-state index in [1.807, 2.05) is 0 Å². The van der Waals surface area contributed by atoms with Crippen LogP contribution < -0.4 is 0 Å². The third-order valence-electron chi connectivity index (χ3n) is 4.86. The molecular weight excluding hydrogens is 236 g/mol. The Bertz CT molecular complexity index is 305. The predicted octanol–water partition coefficient (Wildman–Crippen LogP) is 4.76. The average molecular weight is 264 g/mol. The van der Waals surface area contributed by atoms with Gasteiger partial charge in [0.15, 0.2) is 8.32 Å². The molecule has 1 aliphatic carbocycles. The third kappa shape index (κ3) is 2.89. The van der Waals surface area contributed by atoms with E-state index in [-0.39, 0.29) is 5.60 Å². The smallest absolute Gasteiger partial charge is 0.193 e. The van der Waals surface area contributed by atoms with Crippen molar-refractivity contribution in [2.45, 2.75) is 70.2 Å². The molecule has 1 rings (SSSR count). The molecule has 102 valence electrons. The normalized spacial score (nSPS) is 28.0. The van der Waals surface area contributed by atoms with Crippen LogP contribution in [-0.4, -0.2) is 13.9 Å². The third-order valence-corrected chi connectivity index (χ3v) is 9.54. The Balaban J connectivity index is 2.94. The molecule has 1 nitrogen and oxygen atoms in total. The molecule has 2 heteroatoms. The molecule has 0 aromatic carbocycles. The molecule has 0 radical (unpaired) electrons. The second-order valence-corrected chi connectivity index (χ2v) is 10.2. The van der Waals surface area contributed by atoms with Crippen molar-refractivity contribution in [1.82, 2.24) is 0 Å². The summed E-state index contributed by atoms with van der Waals surface area (Å²) >= 11 is 0. The number of hydrogen-bond donors (Lipinski definition) is 0. The molecule has 0 amide bonds. The van der Waals surface area contributed by atoms with E-state index in [2.05, 4.69) is 39.3 Å². The molecule has 1 saturated carbocycles. The summed E-state index contributed by atoms with van der Waals surface area (Å²) in [6.07, 6.45) is 11.9. The van der Waals surface area contributed by atoms with Gasteiger partial charge in [0.05, 0.1) is 5.60 Å². The molecule has 0 saturated heterocycles. The first kappa shape index (κ1) is 15.5. The molecule has 0 unspecified atom stereocenters. The van der Waals surface area contributed by atoms with Gasteiger partial charge in [-0.15, -0.1) is 18.9 Å². The largest absolute Gasteiger partial charge is 0.408 e. The van der Waals surface area contributed by atoms with Gasteiger partial charge in [-0.1, -0.05) is 26.8 Å². The van der Waals surface area contributed by atoms with Gasteiger partial charge in [-0.3, -0.25) is 0 Å². The van der Waals surface area contributed by atoms with Crippen LogP contribution in [-0.2, 0) is 4.43 Å². The summed E-state index contributed by atoms with van der Waals surface area (Å²) in [4.78, 5) is 0. The van der Waals surface area contributed by atoms with Crippen molar-refractivity contribution in [2.24, 2.45) is 5.92 Å². The molecule has 0 spiro atoms. The van der Waals surface area contributed by atoms with E-state index in [1.54, 1.807) is 0 Å². The minimum absolute atomic E-state index is 0.124. The van der Waals surface area contributed by atoms with Crippen molar-refractivity contribution in [3.63, 3.8) is 0 Å². The van der Waals surface area contributed by atoms with Gasteiger partial charge in [0.2, 0.25) is 0 Å². The Morgan fingerprint density at radius 2 is 2.00 bits per heavy atom. The standard InChI is InChI=1S/C16H28OSi/c1-6-12-15-13-11-14-16(15,7-2)17-18(8-3,9-4)10-5/h1,7,15H,2,8-14H2,3-5H3/t15-,16+/m0/s1. The highest BCUT2D eigenvalue weighted by Crippen LogP contribution is 2.45. The van der Waals surface area contributed by atoms with Gasteiger partial charge < -0.3 is 4.43 Å². The first-order valence-electron chi connectivity index (χ1n) is 7.39. The maximum atomic E-state index is 6.77. The lowest BCUT2D eigenvalue weighted by atomic mass is 9.89. The predicted molar refractivity (Wildman–Crippen MR) is 82.0 cm³/mol. The number of rotatable bonds is 7. The van der Waals surface area contributed by atoms with E-state index in [9.17, 15) is 0 Å². The fourth-order valence-corrected chi connectivity index (χ4v) is 6.40.